The highest BCUT2D eigenvalue weighted by molar-refractivity contribution is 7.92. The summed E-state index contributed by atoms with van der Waals surface area (Å²) in [6.07, 6.45) is 2.14. The maximum Gasteiger partial charge on any atom is 0.243 e. The van der Waals surface area contributed by atoms with Crippen molar-refractivity contribution in [3.05, 3.63) is 59.7 Å². The molecule has 0 fully saturated rings. The Hall–Kier alpha value is -2.54. The number of ether oxygens (including phenoxy) is 1. The first kappa shape index (κ1) is 21.8. The number of amides is 1. The third-order valence-corrected chi connectivity index (χ3v) is 5.67. The summed E-state index contributed by atoms with van der Waals surface area (Å²) in [5.41, 5.74) is 2.58. The lowest BCUT2D eigenvalue weighted by molar-refractivity contribution is -0.122. The molecule has 1 atom stereocenters. The molecule has 1 amide bonds. The summed E-state index contributed by atoms with van der Waals surface area (Å²) in [4.78, 5) is 12.8. The maximum absolute atomic E-state index is 12.8. The minimum absolute atomic E-state index is 0.304. The van der Waals surface area contributed by atoms with E-state index in [2.05, 4.69) is 5.32 Å². The number of hydrogen-bond donors (Lipinski definition) is 1. The molecule has 1 unspecified atom stereocenters. The van der Waals surface area contributed by atoms with Crippen LogP contribution in [0.2, 0.25) is 0 Å². The van der Waals surface area contributed by atoms with Crippen LogP contribution in [0, 0.1) is 6.92 Å². The van der Waals surface area contributed by atoms with E-state index in [0.29, 0.717) is 25.1 Å². The lowest BCUT2D eigenvalue weighted by Crippen LogP contribution is -2.49. The van der Waals surface area contributed by atoms with Gasteiger partial charge in [-0.3, -0.25) is 9.10 Å². The molecule has 2 rings (SSSR count). The number of hydrogen-bond acceptors (Lipinski definition) is 4. The smallest absolute Gasteiger partial charge is 0.243 e. The molecule has 0 bridgehead atoms. The van der Waals surface area contributed by atoms with Crippen LogP contribution >= 0.6 is 0 Å². The monoisotopic (exact) mass is 404 g/mol. The van der Waals surface area contributed by atoms with Crippen LogP contribution in [0.25, 0.3) is 0 Å². The standard InChI is InChI=1S/C21H28N2O4S/c1-5-20(23(28(4,25)26)18-10-6-16(2)7-11-18)21(24)22-15-14-17-8-12-19(27-3)13-9-17/h6-13,20H,5,14-15H2,1-4H3,(H,22,24). The van der Waals surface area contributed by atoms with Crippen molar-refractivity contribution in [3.63, 3.8) is 0 Å². The number of benzene rings is 2. The minimum Gasteiger partial charge on any atom is -0.497 e. The molecule has 0 spiro atoms. The SMILES string of the molecule is CCC(C(=O)NCCc1ccc(OC)cc1)N(c1ccc(C)cc1)S(C)(=O)=O. The molecule has 7 heteroatoms. The third-order valence-electron chi connectivity index (χ3n) is 4.49. The van der Waals surface area contributed by atoms with Gasteiger partial charge in [-0.15, -0.1) is 0 Å². The summed E-state index contributed by atoms with van der Waals surface area (Å²) in [5.74, 6) is 0.475. The third kappa shape index (κ3) is 5.73. The van der Waals surface area contributed by atoms with E-state index in [1.807, 2.05) is 43.3 Å². The first-order valence-corrected chi connectivity index (χ1v) is 11.1. The molecule has 0 radical (unpaired) electrons. The lowest BCUT2D eigenvalue weighted by Gasteiger charge is -2.30. The molecule has 6 nitrogen and oxygen atoms in total. The molecule has 152 valence electrons. The van der Waals surface area contributed by atoms with Crippen molar-refractivity contribution in [2.24, 2.45) is 0 Å². The molecule has 2 aromatic carbocycles. The first-order valence-electron chi connectivity index (χ1n) is 9.23. The van der Waals surface area contributed by atoms with Gasteiger partial charge in [0, 0.05) is 6.54 Å². The Kier molecular flexibility index (Phi) is 7.45. The molecular weight excluding hydrogens is 376 g/mol. The van der Waals surface area contributed by atoms with Crippen molar-refractivity contribution in [2.45, 2.75) is 32.7 Å². The fourth-order valence-corrected chi connectivity index (χ4v) is 4.20. The molecule has 1 N–H and O–H groups in total. The van der Waals surface area contributed by atoms with Crippen LogP contribution in [-0.2, 0) is 21.2 Å². The van der Waals surface area contributed by atoms with Crippen LogP contribution in [0.5, 0.6) is 5.75 Å². The van der Waals surface area contributed by atoms with Gasteiger partial charge in [-0.05, 0) is 49.6 Å². The lowest BCUT2D eigenvalue weighted by atomic mass is 10.1. The van der Waals surface area contributed by atoms with Crippen LogP contribution in [0.3, 0.4) is 0 Å². The van der Waals surface area contributed by atoms with Gasteiger partial charge >= 0.3 is 0 Å². The fraction of sp³-hybridized carbons (Fsp3) is 0.381. The van der Waals surface area contributed by atoms with Gasteiger partial charge in [0.1, 0.15) is 11.8 Å². The van der Waals surface area contributed by atoms with E-state index < -0.39 is 16.1 Å². The van der Waals surface area contributed by atoms with Crippen LogP contribution in [0.4, 0.5) is 5.69 Å². The number of sulfonamides is 1. The van der Waals surface area contributed by atoms with Crippen molar-refractivity contribution in [2.75, 3.05) is 24.2 Å². The normalized spacial score (nSPS) is 12.3. The summed E-state index contributed by atoms with van der Waals surface area (Å²) in [6, 6.07) is 13.9. The van der Waals surface area contributed by atoms with Gasteiger partial charge < -0.3 is 10.1 Å². The van der Waals surface area contributed by atoms with Crippen LogP contribution in [0.1, 0.15) is 24.5 Å². The molecule has 28 heavy (non-hydrogen) atoms. The van der Waals surface area contributed by atoms with Crippen LogP contribution in [0.15, 0.2) is 48.5 Å². The average Bonchev–Trinajstić information content (AvgIpc) is 2.66. The fourth-order valence-electron chi connectivity index (χ4n) is 2.99. The number of methoxy groups -OCH3 is 1. The van der Waals surface area contributed by atoms with E-state index in [1.165, 1.54) is 4.31 Å². The molecule has 0 saturated heterocycles. The van der Waals surface area contributed by atoms with E-state index in [9.17, 15) is 13.2 Å². The van der Waals surface area contributed by atoms with Gasteiger partial charge in [0.15, 0.2) is 0 Å². The van der Waals surface area contributed by atoms with Crippen molar-refractivity contribution < 1.29 is 17.9 Å². The summed E-state index contributed by atoms with van der Waals surface area (Å²) in [6.45, 7) is 4.16. The summed E-state index contributed by atoms with van der Waals surface area (Å²) in [7, 11) is -2.00. The highest BCUT2D eigenvalue weighted by atomic mass is 32.2. The Labute approximate surface area is 167 Å². The zero-order valence-electron chi connectivity index (χ0n) is 16.8. The highest BCUT2D eigenvalue weighted by Gasteiger charge is 2.31. The largest absolute Gasteiger partial charge is 0.497 e. The maximum atomic E-state index is 12.8. The Bertz CT molecular complexity index is 878. The Morgan fingerprint density at radius 1 is 1.11 bits per heavy atom. The number of carbonyl (C=O) groups excluding carboxylic acids is 1. The molecule has 0 aliphatic rings. The quantitative estimate of drug-likeness (QED) is 0.697. The summed E-state index contributed by atoms with van der Waals surface area (Å²) >= 11 is 0. The van der Waals surface area contributed by atoms with E-state index >= 15 is 0 Å². The molecule has 0 aromatic heterocycles. The number of nitrogens with zero attached hydrogens (tertiary/aromatic N) is 1. The van der Waals surface area contributed by atoms with E-state index in [-0.39, 0.29) is 5.91 Å². The minimum atomic E-state index is -3.61. The number of nitrogens with one attached hydrogen (secondary N) is 1. The molecule has 2 aromatic rings. The highest BCUT2D eigenvalue weighted by Crippen LogP contribution is 2.23. The van der Waals surface area contributed by atoms with Crippen molar-refractivity contribution in [3.8, 4) is 5.75 Å². The van der Waals surface area contributed by atoms with Crippen LogP contribution in [-0.4, -0.2) is 40.3 Å². The van der Waals surface area contributed by atoms with E-state index in [0.717, 1.165) is 23.1 Å². The molecule has 0 saturated carbocycles. The van der Waals surface area contributed by atoms with Crippen molar-refractivity contribution >= 4 is 21.6 Å². The Morgan fingerprint density at radius 2 is 1.71 bits per heavy atom. The number of anilines is 1. The number of aryl methyl sites for hydroxylation is 1. The molecule has 0 aliphatic carbocycles. The van der Waals surface area contributed by atoms with Gasteiger partial charge in [0.05, 0.1) is 19.1 Å². The van der Waals surface area contributed by atoms with Crippen LogP contribution < -0.4 is 14.4 Å². The number of rotatable bonds is 9. The first-order chi connectivity index (χ1) is 13.3. The topological polar surface area (TPSA) is 75.7 Å². The molecule has 0 heterocycles. The average molecular weight is 405 g/mol. The Balaban J connectivity index is 2.09. The molecule has 0 aliphatic heterocycles. The van der Waals surface area contributed by atoms with Gasteiger partial charge in [-0.2, -0.15) is 0 Å². The van der Waals surface area contributed by atoms with Crippen molar-refractivity contribution in [1.82, 2.24) is 5.32 Å². The van der Waals surface area contributed by atoms with Gasteiger partial charge in [-0.1, -0.05) is 36.8 Å². The second kappa shape index (κ2) is 9.59. The zero-order chi connectivity index (χ0) is 20.7. The Morgan fingerprint density at radius 3 is 2.21 bits per heavy atom. The van der Waals surface area contributed by atoms with Gasteiger partial charge in [-0.25, -0.2) is 8.42 Å². The second-order valence-electron chi connectivity index (χ2n) is 6.71. The van der Waals surface area contributed by atoms with Gasteiger partial charge in [0.25, 0.3) is 0 Å². The van der Waals surface area contributed by atoms with E-state index in [1.54, 1.807) is 26.2 Å². The predicted octanol–water partition coefficient (Wildman–Crippen LogP) is 2.91. The second-order valence-corrected chi connectivity index (χ2v) is 8.57. The van der Waals surface area contributed by atoms with Gasteiger partial charge in [0.2, 0.25) is 15.9 Å². The predicted molar refractivity (Wildman–Crippen MR) is 112 cm³/mol. The van der Waals surface area contributed by atoms with Crippen molar-refractivity contribution in [1.29, 1.82) is 0 Å². The summed E-state index contributed by atoms with van der Waals surface area (Å²) < 4.78 is 31.2. The molecular formula is C21H28N2O4S. The summed E-state index contributed by atoms with van der Waals surface area (Å²) in [5, 5.41) is 2.87. The number of carbonyl (C=O) groups is 1. The zero-order valence-corrected chi connectivity index (χ0v) is 17.6. The van der Waals surface area contributed by atoms with E-state index in [4.69, 9.17) is 4.74 Å².